The molecule has 2 rings (SSSR count). The lowest BCUT2D eigenvalue weighted by molar-refractivity contribution is 0.409. The molecule has 0 aromatic carbocycles. The fourth-order valence-corrected chi connectivity index (χ4v) is 2.64. The Kier molecular flexibility index (Phi) is 2.56. The van der Waals surface area contributed by atoms with E-state index in [0.29, 0.717) is 5.25 Å². The monoisotopic (exact) mass is 204 g/mol. The van der Waals surface area contributed by atoms with Gasteiger partial charge in [0.25, 0.3) is 0 Å². The highest BCUT2D eigenvalue weighted by Crippen LogP contribution is 2.36. The number of rotatable bonds is 1. The number of hydrogen-bond donors (Lipinski definition) is 0. The van der Waals surface area contributed by atoms with Crippen molar-refractivity contribution in [2.45, 2.75) is 24.5 Å². The second kappa shape index (κ2) is 3.66. The molecule has 66 valence electrons. The van der Waals surface area contributed by atoms with Crippen LogP contribution in [0.3, 0.4) is 0 Å². The average Bonchev–Trinajstić information content (AvgIpc) is 2.54. The summed E-state index contributed by atoms with van der Waals surface area (Å²) in [7, 11) is 0. The maximum atomic E-state index is 5.53. The standard InChI is InChI=1S/C7H9ClN2OS/c8-7-9-6(10-11-7)5-3-1-2-4-12-5/h5H,1-4H2. The van der Waals surface area contributed by atoms with Crippen LogP contribution in [0, 0.1) is 0 Å². The van der Waals surface area contributed by atoms with Crippen LogP contribution in [0.2, 0.25) is 5.35 Å². The third-order valence-corrected chi connectivity index (χ3v) is 3.41. The van der Waals surface area contributed by atoms with Gasteiger partial charge in [0.1, 0.15) is 0 Å². The summed E-state index contributed by atoms with van der Waals surface area (Å²) in [6.07, 6.45) is 3.69. The normalized spacial score (nSPS) is 24.2. The zero-order chi connectivity index (χ0) is 8.39. The van der Waals surface area contributed by atoms with Crippen molar-refractivity contribution in [3.05, 3.63) is 11.2 Å². The lowest BCUT2D eigenvalue weighted by Crippen LogP contribution is -2.03. The molecule has 0 radical (unpaired) electrons. The fourth-order valence-electron chi connectivity index (χ4n) is 1.29. The van der Waals surface area contributed by atoms with Gasteiger partial charge in [-0.1, -0.05) is 11.6 Å². The first-order valence-corrected chi connectivity index (χ1v) is 5.39. The van der Waals surface area contributed by atoms with Gasteiger partial charge in [0, 0.05) is 0 Å². The highest BCUT2D eigenvalue weighted by atomic mass is 35.5. The molecule has 1 aliphatic rings. The summed E-state index contributed by atoms with van der Waals surface area (Å²) in [6, 6.07) is 0. The van der Waals surface area contributed by atoms with E-state index in [4.69, 9.17) is 16.1 Å². The van der Waals surface area contributed by atoms with Crippen LogP contribution >= 0.6 is 23.4 Å². The molecule has 1 atom stereocenters. The smallest absolute Gasteiger partial charge is 0.320 e. The van der Waals surface area contributed by atoms with Gasteiger partial charge in [-0.2, -0.15) is 16.7 Å². The third kappa shape index (κ3) is 1.75. The molecule has 1 saturated heterocycles. The molecule has 1 unspecified atom stereocenters. The van der Waals surface area contributed by atoms with Crippen molar-refractivity contribution in [2.24, 2.45) is 0 Å². The average molecular weight is 205 g/mol. The quantitative estimate of drug-likeness (QED) is 0.705. The van der Waals surface area contributed by atoms with Gasteiger partial charge in [-0.3, -0.25) is 0 Å². The Morgan fingerprint density at radius 2 is 2.42 bits per heavy atom. The van der Waals surface area contributed by atoms with Gasteiger partial charge in [-0.05, 0) is 30.2 Å². The molecule has 0 spiro atoms. The van der Waals surface area contributed by atoms with Crippen molar-refractivity contribution >= 4 is 23.4 Å². The van der Waals surface area contributed by atoms with Gasteiger partial charge < -0.3 is 4.52 Å². The Bertz CT molecular complexity index is 260. The summed E-state index contributed by atoms with van der Waals surface area (Å²) in [5, 5.41) is 4.35. The molecule has 0 saturated carbocycles. The van der Waals surface area contributed by atoms with Crippen LogP contribution in [-0.4, -0.2) is 15.9 Å². The van der Waals surface area contributed by atoms with E-state index in [1.54, 1.807) is 0 Å². The Balaban J connectivity index is 2.08. The number of nitrogens with zero attached hydrogens (tertiary/aromatic N) is 2. The van der Waals surface area contributed by atoms with Gasteiger partial charge in [0.2, 0.25) is 0 Å². The first kappa shape index (κ1) is 8.38. The predicted molar refractivity (Wildman–Crippen MR) is 48.4 cm³/mol. The van der Waals surface area contributed by atoms with Crippen LogP contribution in [0.15, 0.2) is 4.52 Å². The van der Waals surface area contributed by atoms with Crippen molar-refractivity contribution in [1.82, 2.24) is 10.1 Å². The van der Waals surface area contributed by atoms with E-state index in [9.17, 15) is 0 Å². The summed E-state index contributed by atoms with van der Waals surface area (Å²) in [5.74, 6) is 1.95. The Morgan fingerprint density at radius 1 is 1.50 bits per heavy atom. The summed E-state index contributed by atoms with van der Waals surface area (Å²) >= 11 is 7.42. The molecule has 1 aromatic heterocycles. The molecule has 0 amide bonds. The molecule has 2 heterocycles. The Morgan fingerprint density at radius 3 is 3.00 bits per heavy atom. The van der Waals surface area contributed by atoms with E-state index in [-0.39, 0.29) is 5.35 Å². The van der Waals surface area contributed by atoms with E-state index in [1.807, 2.05) is 11.8 Å². The van der Waals surface area contributed by atoms with Crippen LogP contribution in [0.1, 0.15) is 30.3 Å². The maximum absolute atomic E-state index is 5.53. The van der Waals surface area contributed by atoms with Crippen molar-refractivity contribution in [3.63, 3.8) is 0 Å². The molecule has 5 heteroatoms. The predicted octanol–water partition coefficient (Wildman–Crippen LogP) is 2.68. The summed E-state index contributed by atoms with van der Waals surface area (Å²) in [4.78, 5) is 4.00. The van der Waals surface area contributed by atoms with Crippen molar-refractivity contribution in [1.29, 1.82) is 0 Å². The molecule has 12 heavy (non-hydrogen) atoms. The molecule has 1 fully saturated rings. The zero-order valence-corrected chi connectivity index (χ0v) is 8.07. The minimum Gasteiger partial charge on any atom is -0.321 e. The van der Waals surface area contributed by atoms with Gasteiger partial charge >= 0.3 is 5.35 Å². The van der Waals surface area contributed by atoms with Crippen LogP contribution in [0.5, 0.6) is 0 Å². The second-order valence-electron chi connectivity index (χ2n) is 2.76. The van der Waals surface area contributed by atoms with E-state index in [0.717, 1.165) is 12.2 Å². The molecular formula is C7H9ClN2OS. The minimum atomic E-state index is 0.149. The van der Waals surface area contributed by atoms with Gasteiger partial charge in [-0.15, -0.1) is 0 Å². The zero-order valence-electron chi connectivity index (χ0n) is 6.49. The van der Waals surface area contributed by atoms with Crippen molar-refractivity contribution < 1.29 is 4.52 Å². The van der Waals surface area contributed by atoms with E-state index < -0.39 is 0 Å². The molecule has 1 aromatic rings. The maximum Gasteiger partial charge on any atom is 0.320 e. The van der Waals surface area contributed by atoms with E-state index >= 15 is 0 Å². The largest absolute Gasteiger partial charge is 0.321 e. The van der Waals surface area contributed by atoms with E-state index in [1.165, 1.54) is 18.6 Å². The SMILES string of the molecule is Clc1nc(C2CCCCS2)no1. The number of hydrogen-bond acceptors (Lipinski definition) is 4. The van der Waals surface area contributed by atoms with Crippen LogP contribution in [-0.2, 0) is 0 Å². The lowest BCUT2D eigenvalue weighted by Gasteiger charge is -2.17. The van der Waals surface area contributed by atoms with Crippen molar-refractivity contribution in [3.8, 4) is 0 Å². The number of halogens is 1. The van der Waals surface area contributed by atoms with E-state index in [2.05, 4.69) is 10.1 Å². The summed E-state index contributed by atoms with van der Waals surface area (Å²) < 4.78 is 4.71. The molecule has 3 nitrogen and oxygen atoms in total. The molecule has 0 bridgehead atoms. The lowest BCUT2D eigenvalue weighted by atomic mass is 10.2. The summed E-state index contributed by atoms with van der Waals surface area (Å²) in [5.41, 5.74) is 0. The van der Waals surface area contributed by atoms with Crippen LogP contribution < -0.4 is 0 Å². The Hall–Kier alpha value is -0.220. The first-order valence-electron chi connectivity index (χ1n) is 3.97. The topological polar surface area (TPSA) is 38.9 Å². The number of aromatic nitrogens is 2. The highest BCUT2D eigenvalue weighted by molar-refractivity contribution is 7.99. The molecule has 0 N–H and O–H groups in total. The van der Waals surface area contributed by atoms with Crippen LogP contribution in [0.4, 0.5) is 0 Å². The summed E-state index contributed by atoms with van der Waals surface area (Å²) in [6.45, 7) is 0. The fraction of sp³-hybridized carbons (Fsp3) is 0.714. The molecular weight excluding hydrogens is 196 g/mol. The van der Waals surface area contributed by atoms with Gasteiger partial charge in [0.05, 0.1) is 5.25 Å². The first-order chi connectivity index (χ1) is 5.86. The highest BCUT2D eigenvalue weighted by Gasteiger charge is 2.20. The second-order valence-corrected chi connectivity index (χ2v) is 4.39. The minimum absolute atomic E-state index is 0.149. The van der Waals surface area contributed by atoms with Crippen LogP contribution in [0.25, 0.3) is 0 Å². The molecule has 1 aliphatic heterocycles. The number of thioether (sulfide) groups is 1. The third-order valence-electron chi connectivity index (χ3n) is 1.88. The molecule has 0 aliphatic carbocycles. The van der Waals surface area contributed by atoms with Gasteiger partial charge in [-0.25, -0.2) is 0 Å². The van der Waals surface area contributed by atoms with Gasteiger partial charge in [0.15, 0.2) is 5.82 Å². The Labute approximate surface area is 79.9 Å². The van der Waals surface area contributed by atoms with Crippen molar-refractivity contribution in [2.75, 3.05) is 5.75 Å².